The van der Waals surface area contributed by atoms with Crippen molar-refractivity contribution in [2.24, 2.45) is 0 Å². The van der Waals surface area contributed by atoms with E-state index in [0.717, 1.165) is 25.7 Å². The number of carbonyl (C=O) groups excluding carboxylic acids is 2. The Balaban J connectivity index is 1.95. The molecule has 0 spiro atoms. The molecule has 1 aliphatic heterocycles. The Hall–Kier alpha value is -2.11. The summed E-state index contributed by atoms with van der Waals surface area (Å²) < 4.78 is 5.14. The molecular formula is C15H21N3O3. The second kappa shape index (κ2) is 7.61. The fraction of sp³-hybridized carbons (Fsp3) is 0.533. The van der Waals surface area contributed by atoms with Gasteiger partial charge in [-0.25, -0.2) is 4.98 Å². The van der Waals surface area contributed by atoms with Gasteiger partial charge in [0.1, 0.15) is 0 Å². The SMILES string of the molecule is COc1cccnc1NC(=O)CN1CCCCCCC1=O. The molecule has 0 radical (unpaired) electrons. The molecule has 0 atom stereocenters. The average Bonchev–Trinajstić information content (AvgIpc) is 2.47. The molecule has 0 aromatic carbocycles. The Kier molecular flexibility index (Phi) is 5.54. The Morgan fingerprint density at radius 1 is 1.38 bits per heavy atom. The van der Waals surface area contributed by atoms with E-state index in [2.05, 4.69) is 10.3 Å². The van der Waals surface area contributed by atoms with E-state index in [1.165, 1.54) is 7.11 Å². The average molecular weight is 291 g/mol. The lowest BCUT2D eigenvalue weighted by molar-refractivity contribution is -0.135. The lowest BCUT2D eigenvalue weighted by atomic mass is 10.1. The Bertz CT molecular complexity index is 505. The summed E-state index contributed by atoms with van der Waals surface area (Å²) in [6.07, 6.45) is 6.17. The van der Waals surface area contributed by atoms with Gasteiger partial charge in [-0.05, 0) is 25.0 Å². The van der Waals surface area contributed by atoms with E-state index in [-0.39, 0.29) is 18.4 Å². The van der Waals surface area contributed by atoms with E-state index in [9.17, 15) is 9.59 Å². The molecule has 2 heterocycles. The minimum absolute atomic E-state index is 0.0536. The zero-order chi connectivity index (χ0) is 15.1. The van der Waals surface area contributed by atoms with Crippen LogP contribution < -0.4 is 10.1 Å². The molecule has 114 valence electrons. The maximum Gasteiger partial charge on any atom is 0.245 e. The van der Waals surface area contributed by atoms with Crippen LogP contribution in [0.25, 0.3) is 0 Å². The Labute approximate surface area is 124 Å². The molecule has 0 saturated carbocycles. The van der Waals surface area contributed by atoms with Gasteiger partial charge in [0.15, 0.2) is 11.6 Å². The first kappa shape index (κ1) is 15.3. The molecular weight excluding hydrogens is 270 g/mol. The van der Waals surface area contributed by atoms with Gasteiger partial charge in [-0.2, -0.15) is 0 Å². The van der Waals surface area contributed by atoms with E-state index in [0.29, 0.717) is 24.5 Å². The summed E-state index contributed by atoms with van der Waals surface area (Å²) in [6, 6.07) is 3.46. The number of hydrogen-bond acceptors (Lipinski definition) is 4. The molecule has 1 saturated heterocycles. The maximum atomic E-state index is 12.1. The summed E-state index contributed by atoms with van der Waals surface area (Å²) in [5.41, 5.74) is 0. The molecule has 0 aliphatic carbocycles. The van der Waals surface area contributed by atoms with E-state index in [1.54, 1.807) is 23.2 Å². The molecule has 1 aromatic heterocycles. The predicted molar refractivity (Wildman–Crippen MR) is 79.1 cm³/mol. The number of nitrogens with zero attached hydrogens (tertiary/aromatic N) is 2. The van der Waals surface area contributed by atoms with Crippen molar-refractivity contribution in [1.82, 2.24) is 9.88 Å². The fourth-order valence-electron chi connectivity index (χ4n) is 2.38. The number of rotatable bonds is 4. The van der Waals surface area contributed by atoms with Crippen LogP contribution in [0.2, 0.25) is 0 Å². The Morgan fingerprint density at radius 3 is 3.00 bits per heavy atom. The van der Waals surface area contributed by atoms with Crippen molar-refractivity contribution in [3.8, 4) is 5.75 Å². The molecule has 6 heteroatoms. The smallest absolute Gasteiger partial charge is 0.245 e. The lowest BCUT2D eigenvalue weighted by Crippen LogP contribution is -2.39. The maximum absolute atomic E-state index is 12.1. The van der Waals surface area contributed by atoms with Gasteiger partial charge in [0.05, 0.1) is 13.7 Å². The van der Waals surface area contributed by atoms with Gasteiger partial charge in [0, 0.05) is 19.2 Å². The van der Waals surface area contributed by atoms with Crippen LogP contribution in [-0.4, -0.2) is 41.9 Å². The van der Waals surface area contributed by atoms with E-state index in [4.69, 9.17) is 4.74 Å². The normalized spacial score (nSPS) is 16.0. The first-order valence-electron chi connectivity index (χ1n) is 7.27. The first-order chi connectivity index (χ1) is 10.2. The minimum Gasteiger partial charge on any atom is -0.493 e. The monoisotopic (exact) mass is 291 g/mol. The third-order valence-electron chi connectivity index (χ3n) is 3.50. The highest BCUT2D eigenvalue weighted by Gasteiger charge is 2.19. The third-order valence-corrected chi connectivity index (χ3v) is 3.50. The van der Waals surface area contributed by atoms with Gasteiger partial charge >= 0.3 is 0 Å². The van der Waals surface area contributed by atoms with Crippen molar-refractivity contribution in [3.05, 3.63) is 18.3 Å². The topological polar surface area (TPSA) is 71.5 Å². The summed E-state index contributed by atoms with van der Waals surface area (Å²) in [6.45, 7) is 0.712. The van der Waals surface area contributed by atoms with Crippen molar-refractivity contribution in [3.63, 3.8) is 0 Å². The number of anilines is 1. The number of ether oxygens (including phenoxy) is 1. The predicted octanol–water partition coefficient (Wildman–Crippen LogP) is 1.82. The van der Waals surface area contributed by atoms with Crippen molar-refractivity contribution in [2.45, 2.75) is 32.1 Å². The van der Waals surface area contributed by atoms with Gasteiger partial charge in [0.2, 0.25) is 11.8 Å². The number of nitrogens with one attached hydrogen (secondary N) is 1. The number of amides is 2. The number of likely N-dealkylation sites (tertiary alicyclic amines) is 1. The number of aromatic nitrogens is 1. The second-order valence-electron chi connectivity index (χ2n) is 5.08. The standard InChI is InChI=1S/C15H21N3O3/c1-21-12-7-6-9-16-15(12)17-13(19)11-18-10-5-3-2-4-8-14(18)20/h6-7,9H,2-5,8,10-11H2,1H3,(H,16,17,19). The summed E-state index contributed by atoms with van der Waals surface area (Å²) in [7, 11) is 1.52. The number of carbonyl (C=O) groups is 2. The molecule has 1 aliphatic rings. The quantitative estimate of drug-likeness (QED) is 0.918. The van der Waals surface area contributed by atoms with Crippen LogP contribution in [0.1, 0.15) is 32.1 Å². The largest absolute Gasteiger partial charge is 0.493 e. The molecule has 1 aromatic rings. The van der Waals surface area contributed by atoms with E-state index >= 15 is 0 Å². The number of pyridine rings is 1. The lowest BCUT2D eigenvalue weighted by Gasteiger charge is -2.24. The number of hydrogen-bond donors (Lipinski definition) is 1. The van der Waals surface area contributed by atoms with Crippen molar-refractivity contribution in [1.29, 1.82) is 0 Å². The van der Waals surface area contributed by atoms with E-state index < -0.39 is 0 Å². The van der Waals surface area contributed by atoms with Gasteiger partial charge in [-0.1, -0.05) is 12.8 Å². The van der Waals surface area contributed by atoms with E-state index in [1.807, 2.05) is 0 Å². The van der Waals surface area contributed by atoms with Crippen LogP contribution in [0, 0.1) is 0 Å². The molecule has 2 rings (SSSR count). The molecule has 2 amide bonds. The van der Waals surface area contributed by atoms with Gasteiger partial charge in [-0.3, -0.25) is 9.59 Å². The molecule has 0 unspecified atom stereocenters. The highest BCUT2D eigenvalue weighted by atomic mass is 16.5. The van der Waals surface area contributed by atoms with Crippen LogP contribution in [0.4, 0.5) is 5.82 Å². The fourth-order valence-corrected chi connectivity index (χ4v) is 2.38. The highest BCUT2D eigenvalue weighted by Crippen LogP contribution is 2.20. The molecule has 6 nitrogen and oxygen atoms in total. The van der Waals surface area contributed by atoms with Crippen LogP contribution in [-0.2, 0) is 9.59 Å². The highest BCUT2D eigenvalue weighted by molar-refractivity contribution is 5.94. The third kappa shape index (κ3) is 4.44. The van der Waals surface area contributed by atoms with Gasteiger partial charge in [-0.15, -0.1) is 0 Å². The van der Waals surface area contributed by atoms with Crippen LogP contribution in [0.15, 0.2) is 18.3 Å². The summed E-state index contributed by atoms with van der Waals surface area (Å²) in [4.78, 5) is 29.8. The van der Waals surface area contributed by atoms with Gasteiger partial charge < -0.3 is 15.0 Å². The summed E-state index contributed by atoms with van der Waals surface area (Å²) in [5, 5.41) is 2.70. The van der Waals surface area contributed by atoms with Gasteiger partial charge in [0.25, 0.3) is 0 Å². The van der Waals surface area contributed by atoms with Crippen molar-refractivity contribution < 1.29 is 14.3 Å². The summed E-state index contributed by atoms with van der Waals surface area (Å²) in [5.74, 6) is 0.688. The minimum atomic E-state index is -0.249. The molecule has 21 heavy (non-hydrogen) atoms. The zero-order valence-corrected chi connectivity index (χ0v) is 12.3. The van der Waals surface area contributed by atoms with Crippen LogP contribution in [0.5, 0.6) is 5.75 Å². The van der Waals surface area contributed by atoms with Crippen LogP contribution in [0.3, 0.4) is 0 Å². The second-order valence-corrected chi connectivity index (χ2v) is 5.08. The van der Waals surface area contributed by atoms with Crippen molar-refractivity contribution >= 4 is 17.6 Å². The summed E-state index contributed by atoms with van der Waals surface area (Å²) >= 11 is 0. The van der Waals surface area contributed by atoms with Crippen LogP contribution >= 0.6 is 0 Å². The molecule has 1 fully saturated rings. The number of methoxy groups -OCH3 is 1. The first-order valence-corrected chi connectivity index (χ1v) is 7.27. The zero-order valence-electron chi connectivity index (χ0n) is 12.3. The Morgan fingerprint density at radius 2 is 2.19 bits per heavy atom. The molecule has 1 N–H and O–H groups in total. The van der Waals surface area contributed by atoms with Crippen molar-refractivity contribution in [2.75, 3.05) is 25.5 Å². The molecule has 0 bridgehead atoms.